The minimum absolute atomic E-state index is 0.000613. The van der Waals surface area contributed by atoms with Gasteiger partial charge >= 0.3 is 6.03 Å². The maximum absolute atomic E-state index is 12.3. The molecule has 1 aromatic carbocycles. The maximum atomic E-state index is 12.3. The minimum atomic E-state index is -0.448. The molecule has 1 atom stereocenters. The van der Waals surface area contributed by atoms with Gasteiger partial charge in [-0.15, -0.1) is 0 Å². The van der Waals surface area contributed by atoms with Gasteiger partial charge in [0.25, 0.3) is 0 Å². The number of carbonyl (C=O) groups is 2. The van der Waals surface area contributed by atoms with Crippen LogP contribution in [0.5, 0.6) is 5.75 Å². The number of hydrogen-bond acceptors (Lipinski definition) is 3. The zero-order chi connectivity index (χ0) is 17.4. The summed E-state index contributed by atoms with van der Waals surface area (Å²) in [6.45, 7) is 4.41. The van der Waals surface area contributed by atoms with Crippen molar-refractivity contribution in [3.05, 3.63) is 29.8 Å². The van der Waals surface area contributed by atoms with E-state index >= 15 is 0 Å². The van der Waals surface area contributed by atoms with E-state index in [-0.39, 0.29) is 11.8 Å². The Bertz CT molecular complexity index is 562. The predicted molar refractivity (Wildman–Crippen MR) is 92.8 cm³/mol. The Morgan fingerprint density at radius 3 is 3.00 bits per heavy atom. The number of nitrogens with zero attached hydrogens (tertiary/aromatic N) is 1. The Hall–Kier alpha value is -2.24. The fraction of sp³-hybridized carbons (Fsp3) is 0.556. The number of rotatable bonds is 7. The van der Waals surface area contributed by atoms with Crippen LogP contribution in [0.4, 0.5) is 4.79 Å². The van der Waals surface area contributed by atoms with Crippen molar-refractivity contribution in [2.75, 3.05) is 26.2 Å². The number of urea groups is 1. The van der Waals surface area contributed by atoms with E-state index in [2.05, 4.69) is 12.2 Å². The molecule has 0 radical (unpaired) electrons. The average Bonchev–Trinajstić information content (AvgIpc) is 2.60. The monoisotopic (exact) mass is 333 g/mol. The smallest absolute Gasteiger partial charge is 0.314 e. The Labute approximate surface area is 143 Å². The first-order valence-corrected chi connectivity index (χ1v) is 8.64. The summed E-state index contributed by atoms with van der Waals surface area (Å²) in [5, 5.41) is 2.96. The molecular weight excluding hydrogens is 306 g/mol. The number of hydrogen-bond donors (Lipinski definition) is 2. The van der Waals surface area contributed by atoms with Crippen LogP contribution in [0.25, 0.3) is 0 Å². The normalized spacial score (nSPS) is 17.4. The molecule has 0 aliphatic carbocycles. The molecule has 24 heavy (non-hydrogen) atoms. The lowest BCUT2D eigenvalue weighted by molar-refractivity contribution is -0.126. The van der Waals surface area contributed by atoms with E-state index in [0.717, 1.165) is 37.0 Å². The summed E-state index contributed by atoms with van der Waals surface area (Å²) in [5.74, 6) is 0.704. The molecule has 1 heterocycles. The minimum Gasteiger partial charge on any atom is -0.494 e. The lowest BCUT2D eigenvalue weighted by atomic mass is 9.97. The van der Waals surface area contributed by atoms with E-state index in [0.29, 0.717) is 26.2 Å². The number of primary amides is 1. The van der Waals surface area contributed by atoms with Crippen molar-refractivity contribution in [3.63, 3.8) is 0 Å². The van der Waals surface area contributed by atoms with E-state index in [1.54, 1.807) is 4.90 Å². The Kier molecular flexibility index (Phi) is 6.90. The standard InChI is InChI=1S/C18H27N3O3/c1-2-11-24-16-7-3-5-14(12-16)8-9-20-17(22)15-6-4-10-21(13-15)18(19)23/h3,5,7,12,15H,2,4,6,8-11,13H2,1H3,(H2,19,23)(H,20,22)/t15-/m0/s1. The van der Waals surface area contributed by atoms with Crippen LogP contribution in [0.3, 0.4) is 0 Å². The maximum Gasteiger partial charge on any atom is 0.314 e. The van der Waals surface area contributed by atoms with Crippen LogP contribution in [0.2, 0.25) is 0 Å². The van der Waals surface area contributed by atoms with Crippen molar-refractivity contribution in [1.29, 1.82) is 0 Å². The Balaban J connectivity index is 1.77. The van der Waals surface area contributed by atoms with E-state index in [1.807, 2.05) is 24.3 Å². The lowest BCUT2D eigenvalue weighted by Gasteiger charge is -2.30. The molecule has 132 valence electrons. The van der Waals surface area contributed by atoms with Crippen LogP contribution in [0, 0.1) is 5.92 Å². The highest BCUT2D eigenvalue weighted by Gasteiger charge is 2.27. The quantitative estimate of drug-likeness (QED) is 0.799. The molecule has 1 aliphatic rings. The molecule has 0 aromatic heterocycles. The number of nitrogens with two attached hydrogens (primary N) is 1. The zero-order valence-corrected chi connectivity index (χ0v) is 14.3. The van der Waals surface area contributed by atoms with Crippen molar-refractivity contribution in [3.8, 4) is 5.75 Å². The van der Waals surface area contributed by atoms with Gasteiger partial charge in [0, 0.05) is 19.6 Å². The molecule has 1 aromatic rings. The molecular formula is C18H27N3O3. The second kappa shape index (κ2) is 9.15. The van der Waals surface area contributed by atoms with Gasteiger partial charge in [-0.25, -0.2) is 4.79 Å². The number of benzene rings is 1. The van der Waals surface area contributed by atoms with Crippen LogP contribution in [0.1, 0.15) is 31.7 Å². The topological polar surface area (TPSA) is 84.7 Å². The molecule has 6 nitrogen and oxygen atoms in total. The van der Waals surface area contributed by atoms with Gasteiger partial charge in [0.05, 0.1) is 12.5 Å². The molecule has 3 amide bonds. The summed E-state index contributed by atoms with van der Waals surface area (Å²) >= 11 is 0. The predicted octanol–water partition coefficient (Wildman–Crippen LogP) is 1.92. The summed E-state index contributed by atoms with van der Waals surface area (Å²) in [6, 6.07) is 7.50. The van der Waals surface area contributed by atoms with Gasteiger partial charge in [-0.3, -0.25) is 4.79 Å². The van der Waals surface area contributed by atoms with Crippen LogP contribution >= 0.6 is 0 Å². The summed E-state index contributed by atoms with van der Waals surface area (Å²) in [4.78, 5) is 25.0. The van der Waals surface area contributed by atoms with Crippen molar-refractivity contribution >= 4 is 11.9 Å². The largest absolute Gasteiger partial charge is 0.494 e. The SMILES string of the molecule is CCCOc1cccc(CCNC(=O)[C@H]2CCCN(C(N)=O)C2)c1. The number of piperidine rings is 1. The van der Waals surface area contributed by atoms with Crippen molar-refractivity contribution in [2.24, 2.45) is 11.7 Å². The third-order valence-electron chi connectivity index (χ3n) is 4.19. The van der Waals surface area contributed by atoms with Gasteiger partial charge < -0.3 is 20.7 Å². The number of amides is 3. The number of ether oxygens (including phenoxy) is 1. The fourth-order valence-corrected chi connectivity index (χ4v) is 2.88. The summed E-state index contributed by atoms with van der Waals surface area (Å²) in [6.07, 6.45) is 3.35. The van der Waals surface area contributed by atoms with Gasteiger partial charge in [-0.2, -0.15) is 0 Å². The van der Waals surface area contributed by atoms with Gasteiger partial charge in [0.2, 0.25) is 5.91 Å². The van der Waals surface area contributed by atoms with Crippen LogP contribution < -0.4 is 15.8 Å². The van der Waals surface area contributed by atoms with Crippen LogP contribution in [-0.4, -0.2) is 43.1 Å². The Morgan fingerprint density at radius 2 is 2.25 bits per heavy atom. The number of likely N-dealkylation sites (tertiary alicyclic amines) is 1. The second-order valence-corrected chi connectivity index (χ2v) is 6.16. The molecule has 1 aliphatic heterocycles. The highest BCUT2D eigenvalue weighted by atomic mass is 16.5. The van der Waals surface area contributed by atoms with Crippen molar-refractivity contribution < 1.29 is 14.3 Å². The second-order valence-electron chi connectivity index (χ2n) is 6.16. The first-order chi connectivity index (χ1) is 11.6. The first-order valence-electron chi connectivity index (χ1n) is 8.64. The zero-order valence-electron chi connectivity index (χ0n) is 14.3. The van der Waals surface area contributed by atoms with Crippen molar-refractivity contribution in [1.82, 2.24) is 10.2 Å². The molecule has 1 fully saturated rings. The van der Waals surface area contributed by atoms with Crippen LogP contribution in [0.15, 0.2) is 24.3 Å². The molecule has 0 saturated carbocycles. The van der Waals surface area contributed by atoms with Crippen LogP contribution in [-0.2, 0) is 11.2 Å². The highest BCUT2D eigenvalue weighted by molar-refractivity contribution is 5.80. The summed E-state index contributed by atoms with van der Waals surface area (Å²) in [7, 11) is 0. The van der Waals surface area contributed by atoms with Gasteiger partial charge in [0.1, 0.15) is 5.75 Å². The van der Waals surface area contributed by atoms with Gasteiger partial charge in [-0.05, 0) is 43.4 Å². The van der Waals surface area contributed by atoms with E-state index in [4.69, 9.17) is 10.5 Å². The van der Waals surface area contributed by atoms with E-state index < -0.39 is 6.03 Å². The number of carbonyl (C=O) groups excluding carboxylic acids is 2. The molecule has 6 heteroatoms. The van der Waals surface area contributed by atoms with Gasteiger partial charge in [-0.1, -0.05) is 19.1 Å². The highest BCUT2D eigenvalue weighted by Crippen LogP contribution is 2.17. The molecule has 2 rings (SSSR count). The molecule has 3 N–H and O–H groups in total. The third kappa shape index (κ3) is 5.44. The van der Waals surface area contributed by atoms with E-state index in [1.165, 1.54) is 0 Å². The Morgan fingerprint density at radius 1 is 1.42 bits per heavy atom. The third-order valence-corrected chi connectivity index (χ3v) is 4.19. The molecule has 0 spiro atoms. The van der Waals surface area contributed by atoms with E-state index in [9.17, 15) is 9.59 Å². The first kappa shape index (κ1) is 18.1. The molecule has 1 saturated heterocycles. The fourth-order valence-electron chi connectivity index (χ4n) is 2.88. The average molecular weight is 333 g/mol. The lowest BCUT2D eigenvalue weighted by Crippen LogP contribution is -2.47. The molecule has 0 unspecified atom stereocenters. The van der Waals surface area contributed by atoms with Crippen molar-refractivity contribution in [2.45, 2.75) is 32.6 Å². The van der Waals surface area contributed by atoms with Gasteiger partial charge in [0.15, 0.2) is 0 Å². The summed E-state index contributed by atoms with van der Waals surface area (Å²) < 4.78 is 5.62. The number of nitrogens with one attached hydrogen (secondary N) is 1. The summed E-state index contributed by atoms with van der Waals surface area (Å²) in [5.41, 5.74) is 6.43. The molecule has 0 bridgehead atoms.